The summed E-state index contributed by atoms with van der Waals surface area (Å²) in [7, 11) is 3.79. The lowest BCUT2D eigenvalue weighted by Gasteiger charge is -2.17. The minimum Gasteiger partial charge on any atom is -0.315 e. The third-order valence-corrected chi connectivity index (χ3v) is 7.07. The predicted octanol–water partition coefficient (Wildman–Crippen LogP) is 4.10. The second kappa shape index (κ2) is 5.83. The normalized spacial score (nSPS) is 15.4. The quantitative estimate of drug-likeness (QED) is 0.796. The van der Waals surface area contributed by atoms with E-state index in [9.17, 15) is 4.79 Å². The lowest BCUT2D eigenvalue weighted by Crippen LogP contribution is -2.20. The molecule has 1 amide bonds. The molecule has 1 N–H and O–H groups in total. The van der Waals surface area contributed by atoms with Crippen molar-refractivity contribution in [2.75, 3.05) is 19.0 Å². The summed E-state index contributed by atoms with van der Waals surface area (Å²) in [5.41, 5.74) is 3.31. The standard InChI is InChI=1S/C15H14Br2N2OS/c1-18-14(12-7-10(16)15(17)21-12)8-3-4-11-9(5-8)6-13(20)19(11)2/h3-5,7,14,18H,6H2,1-2H3. The van der Waals surface area contributed by atoms with Crippen molar-refractivity contribution >= 4 is 54.8 Å². The summed E-state index contributed by atoms with van der Waals surface area (Å²) in [6.45, 7) is 0. The number of carbonyl (C=O) groups is 1. The summed E-state index contributed by atoms with van der Waals surface area (Å²) >= 11 is 8.79. The molecule has 3 nitrogen and oxygen atoms in total. The van der Waals surface area contributed by atoms with E-state index < -0.39 is 0 Å². The number of anilines is 1. The second-order valence-corrected chi connectivity index (χ2v) is 8.27. The highest BCUT2D eigenvalue weighted by Gasteiger charge is 2.25. The first kappa shape index (κ1) is 15.2. The fraction of sp³-hybridized carbons (Fsp3) is 0.267. The number of fused-ring (bicyclic) bond motifs is 1. The van der Waals surface area contributed by atoms with E-state index in [1.54, 1.807) is 16.2 Å². The van der Waals surface area contributed by atoms with Crippen LogP contribution in [0.2, 0.25) is 0 Å². The van der Waals surface area contributed by atoms with Gasteiger partial charge >= 0.3 is 0 Å². The molecule has 0 aliphatic carbocycles. The molecule has 110 valence electrons. The summed E-state index contributed by atoms with van der Waals surface area (Å²) in [4.78, 5) is 14.8. The first-order chi connectivity index (χ1) is 10.0. The number of rotatable bonds is 3. The number of amides is 1. The lowest BCUT2D eigenvalue weighted by atomic mass is 10.0. The molecule has 0 fully saturated rings. The summed E-state index contributed by atoms with van der Waals surface area (Å²) < 4.78 is 2.16. The van der Waals surface area contributed by atoms with E-state index in [0.29, 0.717) is 6.42 Å². The molecule has 0 saturated carbocycles. The highest BCUT2D eigenvalue weighted by molar-refractivity contribution is 9.13. The fourth-order valence-electron chi connectivity index (χ4n) is 2.65. The molecule has 1 atom stereocenters. The monoisotopic (exact) mass is 428 g/mol. The topological polar surface area (TPSA) is 32.3 Å². The Bertz CT molecular complexity index is 694. The maximum absolute atomic E-state index is 11.8. The van der Waals surface area contributed by atoms with Crippen LogP contribution in [-0.2, 0) is 11.2 Å². The van der Waals surface area contributed by atoms with Gasteiger partial charge in [-0.25, -0.2) is 0 Å². The van der Waals surface area contributed by atoms with Crippen LogP contribution in [0.3, 0.4) is 0 Å². The Morgan fingerprint density at radius 1 is 1.33 bits per heavy atom. The first-order valence-corrected chi connectivity index (χ1v) is 8.93. The maximum Gasteiger partial charge on any atom is 0.231 e. The van der Waals surface area contributed by atoms with E-state index in [-0.39, 0.29) is 11.9 Å². The average Bonchev–Trinajstić information content (AvgIpc) is 2.92. The number of halogens is 2. The van der Waals surface area contributed by atoms with Crippen molar-refractivity contribution in [3.63, 3.8) is 0 Å². The lowest BCUT2D eigenvalue weighted by molar-refractivity contribution is -0.117. The molecule has 0 radical (unpaired) electrons. The van der Waals surface area contributed by atoms with E-state index in [4.69, 9.17) is 0 Å². The van der Waals surface area contributed by atoms with Crippen LogP contribution in [0.25, 0.3) is 0 Å². The van der Waals surface area contributed by atoms with Gasteiger partial charge < -0.3 is 10.2 Å². The minimum absolute atomic E-state index is 0.129. The zero-order chi connectivity index (χ0) is 15.1. The van der Waals surface area contributed by atoms with Crippen LogP contribution >= 0.6 is 43.2 Å². The Labute approximate surface area is 144 Å². The number of benzene rings is 1. The van der Waals surface area contributed by atoms with E-state index in [0.717, 1.165) is 19.5 Å². The van der Waals surface area contributed by atoms with E-state index in [1.807, 2.05) is 20.2 Å². The molecule has 3 rings (SSSR count). The Kier molecular flexibility index (Phi) is 4.23. The van der Waals surface area contributed by atoms with Gasteiger partial charge in [-0.1, -0.05) is 12.1 Å². The van der Waals surface area contributed by atoms with Crippen LogP contribution in [0.15, 0.2) is 32.5 Å². The Balaban J connectivity index is 1.99. The number of thiophene rings is 1. The molecule has 2 aromatic rings. The molecule has 2 heterocycles. The summed E-state index contributed by atoms with van der Waals surface area (Å²) in [5, 5.41) is 3.36. The van der Waals surface area contributed by atoms with Gasteiger partial charge in [0.1, 0.15) is 0 Å². The molecule has 1 unspecified atom stereocenters. The Morgan fingerprint density at radius 2 is 2.10 bits per heavy atom. The molecule has 21 heavy (non-hydrogen) atoms. The smallest absolute Gasteiger partial charge is 0.231 e. The Hall–Kier alpha value is -0.690. The molecule has 0 spiro atoms. The van der Waals surface area contributed by atoms with Gasteiger partial charge in [-0.15, -0.1) is 11.3 Å². The van der Waals surface area contributed by atoms with Crippen LogP contribution in [0.4, 0.5) is 5.69 Å². The van der Waals surface area contributed by atoms with Crippen LogP contribution in [0, 0.1) is 0 Å². The van der Waals surface area contributed by atoms with Crippen LogP contribution in [-0.4, -0.2) is 20.0 Å². The summed E-state index contributed by atoms with van der Waals surface area (Å²) in [5.74, 6) is 0.157. The van der Waals surface area contributed by atoms with Crippen molar-refractivity contribution in [2.45, 2.75) is 12.5 Å². The average molecular weight is 430 g/mol. The van der Waals surface area contributed by atoms with Crippen molar-refractivity contribution < 1.29 is 4.79 Å². The van der Waals surface area contributed by atoms with Gasteiger partial charge in [-0.2, -0.15) is 0 Å². The van der Waals surface area contributed by atoms with Gasteiger partial charge in [0.05, 0.1) is 16.2 Å². The number of carbonyl (C=O) groups excluding carboxylic acids is 1. The van der Waals surface area contributed by atoms with Gasteiger partial charge in [0.25, 0.3) is 0 Å². The number of hydrogen-bond donors (Lipinski definition) is 1. The van der Waals surface area contributed by atoms with E-state index in [2.05, 4.69) is 55.4 Å². The third kappa shape index (κ3) is 2.70. The molecule has 6 heteroatoms. The largest absolute Gasteiger partial charge is 0.315 e. The number of nitrogens with one attached hydrogen (secondary N) is 1. The zero-order valence-corrected chi connectivity index (χ0v) is 15.6. The van der Waals surface area contributed by atoms with Crippen molar-refractivity contribution in [1.82, 2.24) is 5.32 Å². The molecule has 1 aromatic heterocycles. The van der Waals surface area contributed by atoms with Crippen molar-refractivity contribution in [3.05, 3.63) is 48.5 Å². The predicted molar refractivity (Wildman–Crippen MR) is 94.2 cm³/mol. The van der Waals surface area contributed by atoms with Gasteiger partial charge in [-0.05, 0) is 62.2 Å². The van der Waals surface area contributed by atoms with Gasteiger partial charge in [-0.3, -0.25) is 4.79 Å². The number of hydrogen-bond acceptors (Lipinski definition) is 3. The molecule has 1 aliphatic rings. The first-order valence-electron chi connectivity index (χ1n) is 6.52. The van der Waals surface area contributed by atoms with Crippen molar-refractivity contribution in [1.29, 1.82) is 0 Å². The van der Waals surface area contributed by atoms with Crippen molar-refractivity contribution in [3.8, 4) is 0 Å². The van der Waals surface area contributed by atoms with Crippen LogP contribution < -0.4 is 10.2 Å². The Morgan fingerprint density at radius 3 is 2.71 bits per heavy atom. The second-order valence-electron chi connectivity index (χ2n) is 5.01. The summed E-state index contributed by atoms with van der Waals surface area (Å²) in [6, 6.07) is 8.53. The van der Waals surface area contributed by atoms with Gasteiger partial charge in [0.15, 0.2) is 0 Å². The number of nitrogens with zero attached hydrogens (tertiary/aromatic N) is 1. The fourth-order valence-corrected chi connectivity index (χ4v) is 4.88. The molecule has 0 bridgehead atoms. The highest BCUT2D eigenvalue weighted by atomic mass is 79.9. The highest BCUT2D eigenvalue weighted by Crippen LogP contribution is 2.39. The minimum atomic E-state index is 0.129. The maximum atomic E-state index is 11.8. The number of likely N-dealkylation sites (N-methyl/N-ethyl adjacent to an activating group) is 1. The zero-order valence-electron chi connectivity index (χ0n) is 11.6. The van der Waals surface area contributed by atoms with Crippen LogP contribution in [0.5, 0.6) is 0 Å². The molecular formula is C15H14Br2N2OS. The van der Waals surface area contributed by atoms with Crippen LogP contribution in [0.1, 0.15) is 22.0 Å². The third-order valence-electron chi connectivity index (χ3n) is 3.75. The molecule has 1 aromatic carbocycles. The van der Waals surface area contributed by atoms with Gasteiger partial charge in [0, 0.05) is 22.1 Å². The SMILES string of the molecule is CNC(c1ccc2c(c1)CC(=O)N2C)c1cc(Br)c(Br)s1. The van der Waals surface area contributed by atoms with Gasteiger partial charge in [0.2, 0.25) is 5.91 Å². The molecular weight excluding hydrogens is 416 g/mol. The van der Waals surface area contributed by atoms with E-state index in [1.165, 1.54) is 10.4 Å². The molecule has 0 saturated heterocycles. The van der Waals surface area contributed by atoms with E-state index >= 15 is 0 Å². The van der Waals surface area contributed by atoms with Crippen molar-refractivity contribution in [2.24, 2.45) is 0 Å². The summed E-state index contributed by atoms with van der Waals surface area (Å²) in [6.07, 6.45) is 0.494. The molecule has 1 aliphatic heterocycles.